The lowest BCUT2D eigenvalue weighted by Crippen LogP contribution is -2.25. The van der Waals surface area contributed by atoms with Crippen molar-refractivity contribution in [2.45, 2.75) is 45.1 Å². The van der Waals surface area contributed by atoms with Crippen molar-refractivity contribution in [1.82, 2.24) is 0 Å². The molecule has 0 aliphatic heterocycles. The fourth-order valence-corrected chi connectivity index (χ4v) is 1.68. The third-order valence-corrected chi connectivity index (χ3v) is 2.47. The molecule has 0 heterocycles. The molecule has 64 valence electrons. The molecule has 1 rings (SSSR count). The molecule has 1 N–H and O–H groups in total. The molecule has 1 saturated carbocycles. The molecule has 0 aromatic carbocycles. The Hall–Kier alpha value is -0.370. The van der Waals surface area contributed by atoms with Crippen LogP contribution in [0.3, 0.4) is 0 Å². The third kappa shape index (κ3) is 2.03. The third-order valence-electron chi connectivity index (χ3n) is 2.47. The summed E-state index contributed by atoms with van der Waals surface area (Å²) in [5.41, 5.74) is 0. The normalized spacial score (nSPS) is 22.0. The van der Waals surface area contributed by atoms with Gasteiger partial charge in [0, 0.05) is 5.92 Å². The summed E-state index contributed by atoms with van der Waals surface area (Å²) < 4.78 is 0. The Morgan fingerprint density at radius 2 is 2.09 bits per heavy atom. The van der Waals surface area contributed by atoms with Crippen molar-refractivity contribution >= 4 is 5.78 Å². The number of aliphatic hydroxyl groups is 1. The van der Waals surface area contributed by atoms with Gasteiger partial charge in [0.15, 0.2) is 5.78 Å². The second-order valence-electron chi connectivity index (χ2n) is 3.31. The fourth-order valence-electron chi connectivity index (χ4n) is 1.68. The van der Waals surface area contributed by atoms with E-state index in [2.05, 4.69) is 0 Å². The van der Waals surface area contributed by atoms with Crippen LogP contribution in [0.25, 0.3) is 0 Å². The zero-order chi connectivity index (χ0) is 8.27. The van der Waals surface area contributed by atoms with E-state index in [0.717, 1.165) is 25.7 Å². The predicted octanol–water partition coefficient (Wildman–Crippen LogP) is 1.52. The van der Waals surface area contributed by atoms with Crippen molar-refractivity contribution < 1.29 is 9.90 Å². The van der Waals surface area contributed by atoms with Crippen LogP contribution in [0.15, 0.2) is 0 Å². The second kappa shape index (κ2) is 3.86. The van der Waals surface area contributed by atoms with Crippen LogP contribution in [0.4, 0.5) is 0 Å². The summed E-state index contributed by atoms with van der Waals surface area (Å²) in [6.07, 6.45) is 4.18. The maximum absolute atomic E-state index is 11.3. The van der Waals surface area contributed by atoms with E-state index < -0.39 is 6.10 Å². The predicted molar refractivity (Wildman–Crippen MR) is 43.3 cm³/mol. The number of hydrogen-bond donors (Lipinski definition) is 1. The van der Waals surface area contributed by atoms with Gasteiger partial charge in [-0.25, -0.2) is 0 Å². The molecule has 0 radical (unpaired) electrons. The molecule has 11 heavy (non-hydrogen) atoms. The van der Waals surface area contributed by atoms with Gasteiger partial charge in [-0.15, -0.1) is 0 Å². The van der Waals surface area contributed by atoms with Gasteiger partial charge in [-0.3, -0.25) is 4.79 Å². The lowest BCUT2D eigenvalue weighted by Gasteiger charge is -2.11. The zero-order valence-electron chi connectivity index (χ0n) is 7.05. The lowest BCUT2D eigenvalue weighted by molar-refractivity contribution is -0.131. The first kappa shape index (κ1) is 8.72. The van der Waals surface area contributed by atoms with E-state index in [4.69, 9.17) is 0 Å². The van der Waals surface area contributed by atoms with Crippen LogP contribution >= 0.6 is 0 Å². The molecule has 0 saturated heterocycles. The van der Waals surface area contributed by atoms with Crippen LogP contribution < -0.4 is 0 Å². The average Bonchev–Trinajstić information content (AvgIpc) is 2.53. The van der Waals surface area contributed by atoms with Crippen molar-refractivity contribution in [3.05, 3.63) is 0 Å². The number of hydrogen-bond acceptors (Lipinski definition) is 2. The number of Topliss-reactive ketones (excluding diaryl/α,β-unsaturated/α-hetero) is 1. The molecule has 1 atom stereocenters. The van der Waals surface area contributed by atoms with Gasteiger partial charge in [0.25, 0.3) is 0 Å². The molecule has 0 bridgehead atoms. The Balaban J connectivity index is 2.39. The van der Waals surface area contributed by atoms with E-state index in [1.54, 1.807) is 0 Å². The largest absolute Gasteiger partial charge is 0.385 e. The summed E-state index contributed by atoms with van der Waals surface area (Å²) in [6.45, 7) is 1.84. The van der Waals surface area contributed by atoms with Gasteiger partial charge < -0.3 is 5.11 Å². The maximum Gasteiger partial charge on any atom is 0.164 e. The standard InChI is InChI=1S/C9H16O2/c1-2-8(10)9(11)7-5-3-4-6-7/h7-8,10H,2-6H2,1H3. The maximum atomic E-state index is 11.3. The Morgan fingerprint density at radius 1 is 1.55 bits per heavy atom. The van der Waals surface area contributed by atoms with Gasteiger partial charge in [0.05, 0.1) is 0 Å². The molecule has 0 spiro atoms. The van der Waals surface area contributed by atoms with E-state index >= 15 is 0 Å². The molecule has 1 aliphatic carbocycles. The van der Waals surface area contributed by atoms with Crippen LogP contribution in [0.5, 0.6) is 0 Å². The van der Waals surface area contributed by atoms with Crippen molar-refractivity contribution in [1.29, 1.82) is 0 Å². The molecule has 0 amide bonds. The lowest BCUT2D eigenvalue weighted by atomic mass is 9.97. The summed E-state index contributed by atoms with van der Waals surface area (Å²) in [7, 11) is 0. The van der Waals surface area contributed by atoms with Crippen molar-refractivity contribution in [3.8, 4) is 0 Å². The Bertz CT molecular complexity index is 136. The Labute approximate surface area is 67.6 Å². The van der Waals surface area contributed by atoms with Gasteiger partial charge in [-0.2, -0.15) is 0 Å². The number of carbonyl (C=O) groups is 1. The highest BCUT2D eigenvalue weighted by atomic mass is 16.3. The van der Waals surface area contributed by atoms with Crippen molar-refractivity contribution in [3.63, 3.8) is 0 Å². The van der Waals surface area contributed by atoms with Gasteiger partial charge >= 0.3 is 0 Å². The van der Waals surface area contributed by atoms with E-state index in [9.17, 15) is 9.90 Å². The van der Waals surface area contributed by atoms with Gasteiger partial charge in [-0.05, 0) is 19.3 Å². The van der Waals surface area contributed by atoms with E-state index in [1.807, 2.05) is 6.92 Å². The highest BCUT2D eigenvalue weighted by molar-refractivity contribution is 5.85. The van der Waals surface area contributed by atoms with Gasteiger partial charge in [0.1, 0.15) is 6.10 Å². The molecule has 1 aliphatic rings. The van der Waals surface area contributed by atoms with E-state index in [1.165, 1.54) is 0 Å². The number of ketones is 1. The molecule has 0 aromatic rings. The molecular formula is C9H16O2. The summed E-state index contributed by atoms with van der Waals surface area (Å²) in [4.78, 5) is 11.3. The highest BCUT2D eigenvalue weighted by Gasteiger charge is 2.26. The Kier molecular flexibility index (Phi) is 3.06. The van der Waals surface area contributed by atoms with E-state index in [0.29, 0.717) is 6.42 Å². The van der Waals surface area contributed by atoms with Gasteiger partial charge in [0.2, 0.25) is 0 Å². The minimum atomic E-state index is -0.696. The summed E-state index contributed by atoms with van der Waals surface area (Å²) in [5, 5.41) is 9.24. The first-order chi connectivity index (χ1) is 5.25. The summed E-state index contributed by atoms with van der Waals surface area (Å²) in [6, 6.07) is 0. The monoisotopic (exact) mass is 156 g/mol. The minimum Gasteiger partial charge on any atom is -0.385 e. The molecule has 2 heteroatoms. The van der Waals surface area contributed by atoms with Crippen LogP contribution in [0, 0.1) is 5.92 Å². The number of rotatable bonds is 3. The van der Waals surface area contributed by atoms with Crippen LogP contribution in [-0.2, 0) is 4.79 Å². The van der Waals surface area contributed by atoms with Crippen LogP contribution in [0.2, 0.25) is 0 Å². The second-order valence-corrected chi connectivity index (χ2v) is 3.31. The number of carbonyl (C=O) groups excluding carboxylic acids is 1. The Morgan fingerprint density at radius 3 is 2.55 bits per heavy atom. The summed E-state index contributed by atoms with van der Waals surface area (Å²) in [5.74, 6) is 0.245. The molecular weight excluding hydrogens is 140 g/mol. The average molecular weight is 156 g/mol. The molecule has 1 unspecified atom stereocenters. The number of aliphatic hydroxyl groups excluding tert-OH is 1. The zero-order valence-corrected chi connectivity index (χ0v) is 7.05. The first-order valence-electron chi connectivity index (χ1n) is 4.47. The van der Waals surface area contributed by atoms with E-state index in [-0.39, 0.29) is 11.7 Å². The first-order valence-corrected chi connectivity index (χ1v) is 4.47. The van der Waals surface area contributed by atoms with Crippen molar-refractivity contribution in [2.24, 2.45) is 5.92 Å². The quantitative estimate of drug-likeness (QED) is 0.672. The van der Waals surface area contributed by atoms with Gasteiger partial charge in [-0.1, -0.05) is 19.8 Å². The van der Waals surface area contributed by atoms with Crippen LogP contribution in [0.1, 0.15) is 39.0 Å². The highest BCUT2D eigenvalue weighted by Crippen LogP contribution is 2.26. The molecule has 2 nitrogen and oxygen atoms in total. The minimum absolute atomic E-state index is 0.0741. The topological polar surface area (TPSA) is 37.3 Å². The molecule has 1 fully saturated rings. The van der Waals surface area contributed by atoms with Crippen molar-refractivity contribution in [2.75, 3.05) is 0 Å². The van der Waals surface area contributed by atoms with Crippen LogP contribution in [-0.4, -0.2) is 17.0 Å². The smallest absolute Gasteiger partial charge is 0.164 e. The SMILES string of the molecule is CCC(O)C(=O)C1CCCC1. The summed E-state index contributed by atoms with van der Waals surface area (Å²) >= 11 is 0. The molecule has 0 aromatic heterocycles. The fraction of sp³-hybridized carbons (Fsp3) is 0.889.